The van der Waals surface area contributed by atoms with E-state index >= 15 is 0 Å². The van der Waals surface area contributed by atoms with Crippen molar-refractivity contribution in [3.63, 3.8) is 0 Å². The van der Waals surface area contributed by atoms with E-state index in [0.29, 0.717) is 11.9 Å². The van der Waals surface area contributed by atoms with Crippen LogP contribution in [0, 0.1) is 11.8 Å². The van der Waals surface area contributed by atoms with Crippen LogP contribution in [0.15, 0.2) is 4.42 Å². The number of fused-ring (bicyclic) bond motifs is 1. The summed E-state index contributed by atoms with van der Waals surface area (Å²) in [6.45, 7) is 4.00. The van der Waals surface area contributed by atoms with Gasteiger partial charge >= 0.3 is 6.01 Å². The van der Waals surface area contributed by atoms with E-state index in [4.69, 9.17) is 10.2 Å². The summed E-state index contributed by atoms with van der Waals surface area (Å²) < 4.78 is 5.48. The van der Waals surface area contributed by atoms with Crippen molar-refractivity contribution < 1.29 is 4.42 Å². The molecule has 5 nitrogen and oxygen atoms in total. The highest BCUT2D eigenvalue weighted by Crippen LogP contribution is 2.45. The predicted octanol–water partition coefficient (Wildman–Crippen LogP) is 0.545. The number of nitrogens with zero attached hydrogens (tertiary/aromatic N) is 3. The lowest BCUT2D eigenvalue weighted by atomic mass is 10.4. The first-order valence-corrected chi connectivity index (χ1v) is 5.08. The summed E-state index contributed by atoms with van der Waals surface area (Å²) in [6, 6.07) is 0.470. The van der Waals surface area contributed by atoms with Crippen LogP contribution in [0.1, 0.15) is 25.3 Å². The number of rotatable bonds is 2. The highest BCUT2D eigenvalue weighted by Gasteiger charge is 2.46. The molecule has 0 aromatic carbocycles. The Kier molecular flexibility index (Phi) is 1.58. The normalized spacial score (nSPS) is 31.7. The van der Waals surface area contributed by atoms with Gasteiger partial charge in [0.15, 0.2) is 0 Å². The van der Waals surface area contributed by atoms with Crippen molar-refractivity contribution in [2.24, 2.45) is 17.6 Å². The fourth-order valence-corrected chi connectivity index (χ4v) is 2.09. The molecule has 1 saturated heterocycles. The summed E-state index contributed by atoms with van der Waals surface area (Å²) in [6.07, 6.45) is 1.38. The summed E-state index contributed by atoms with van der Waals surface area (Å²) >= 11 is 0. The number of piperidine rings is 1. The summed E-state index contributed by atoms with van der Waals surface area (Å²) in [5.41, 5.74) is 5.65. The second-order valence-electron chi connectivity index (χ2n) is 4.37. The zero-order chi connectivity index (χ0) is 9.71. The molecule has 2 fully saturated rings. The van der Waals surface area contributed by atoms with Gasteiger partial charge in [-0.1, -0.05) is 5.10 Å². The molecule has 5 heteroatoms. The van der Waals surface area contributed by atoms with Crippen LogP contribution in [-0.4, -0.2) is 23.3 Å². The van der Waals surface area contributed by atoms with Crippen LogP contribution in [0.3, 0.4) is 0 Å². The molecule has 3 unspecified atom stereocenters. The number of aromatic nitrogens is 2. The molecule has 2 aliphatic rings. The third-order valence-electron chi connectivity index (χ3n) is 3.07. The highest BCUT2D eigenvalue weighted by molar-refractivity contribution is 5.30. The molecule has 0 bridgehead atoms. The van der Waals surface area contributed by atoms with E-state index < -0.39 is 0 Å². The Morgan fingerprint density at radius 3 is 2.71 bits per heavy atom. The van der Waals surface area contributed by atoms with E-state index in [1.54, 1.807) is 0 Å². The van der Waals surface area contributed by atoms with Crippen molar-refractivity contribution in [1.82, 2.24) is 10.2 Å². The topological polar surface area (TPSA) is 68.2 Å². The molecule has 1 aliphatic heterocycles. The van der Waals surface area contributed by atoms with Crippen LogP contribution in [0.4, 0.5) is 6.01 Å². The molecule has 0 radical (unpaired) electrons. The maximum Gasteiger partial charge on any atom is 0.318 e. The van der Waals surface area contributed by atoms with Crippen LogP contribution < -0.4 is 10.6 Å². The highest BCUT2D eigenvalue weighted by atomic mass is 16.4. The van der Waals surface area contributed by atoms with E-state index in [9.17, 15) is 0 Å². The maximum absolute atomic E-state index is 5.65. The van der Waals surface area contributed by atoms with E-state index in [-0.39, 0.29) is 6.04 Å². The van der Waals surface area contributed by atoms with Crippen LogP contribution in [-0.2, 0) is 0 Å². The molecular weight excluding hydrogens is 180 g/mol. The largest absolute Gasteiger partial charge is 0.406 e. The maximum atomic E-state index is 5.65. The molecule has 1 saturated carbocycles. The Balaban J connectivity index is 1.76. The standard InChI is InChI=1S/C9H14N4O/c1-5(10)8-11-12-9(14-8)13-3-6-2-7(6)4-13/h5-7H,2-4,10H2,1H3. The fourth-order valence-electron chi connectivity index (χ4n) is 2.09. The van der Waals surface area contributed by atoms with E-state index in [0.717, 1.165) is 24.9 Å². The summed E-state index contributed by atoms with van der Waals surface area (Å²) in [7, 11) is 0. The van der Waals surface area contributed by atoms with Gasteiger partial charge in [-0.05, 0) is 25.2 Å². The van der Waals surface area contributed by atoms with Crippen LogP contribution in [0.2, 0.25) is 0 Å². The average molecular weight is 194 g/mol. The third kappa shape index (κ3) is 1.19. The van der Waals surface area contributed by atoms with Gasteiger partial charge in [-0.3, -0.25) is 0 Å². The van der Waals surface area contributed by atoms with Gasteiger partial charge in [0.1, 0.15) is 0 Å². The minimum absolute atomic E-state index is 0.173. The lowest BCUT2D eigenvalue weighted by Crippen LogP contribution is -2.21. The van der Waals surface area contributed by atoms with Gasteiger partial charge in [-0.15, -0.1) is 5.10 Å². The lowest BCUT2D eigenvalue weighted by molar-refractivity contribution is 0.458. The van der Waals surface area contributed by atoms with Crippen molar-refractivity contribution in [1.29, 1.82) is 0 Å². The van der Waals surface area contributed by atoms with Crippen molar-refractivity contribution in [2.45, 2.75) is 19.4 Å². The number of nitrogens with two attached hydrogens (primary N) is 1. The van der Waals surface area contributed by atoms with Crippen molar-refractivity contribution in [3.8, 4) is 0 Å². The van der Waals surface area contributed by atoms with Crippen LogP contribution >= 0.6 is 0 Å². The average Bonchev–Trinajstić information content (AvgIpc) is 2.69. The van der Waals surface area contributed by atoms with Gasteiger partial charge in [0, 0.05) is 13.1 Å². The molecule has 3 atom stereocenters. The zero-order valence-corrected chi connectivity index (χ0v) is 8.18. The number of hydrogen-bond acceptors (Lipinski definition) is 5. The number of hydrogen-bond donors (Lipinski definition) is 1. The smallest absolute Gasteiger partial charge is 0.318 e. The summed E-state index contributed by atoms with van der Waals surface area (Å²) in [5, 5.41) is 7.92. The molecule has 0 spiro atoms. The predicted molar refractivity (Wildman–Crippen MR) is 50.7 cm³/mol. The van der Waals surface area contributed by atoms with Crippen LogP contribution in [0.25, 0.3) is 0 Å². The molecule has 3 rings (SSSR count). The zero-order valence-electron chi connectivity index (χ0n) is 8.18. The lowest BCUT2D eigenvalue weighted by Gasteiger charge is -2.13. The molecule has 2 heterocycles. The monoisotopic (exact) mass is 194 g/mol. The van der Waals surface area contributed by atoms with Crippen molar-refractivity contribution in [2.75, 3.05) is 18.0 Å². The third-order valence-corrected chi connectivity index (χ3v) is 3.07. The van der Waals surface area contributed by atoms with E-state index in [2.05, 4.69) is 15.1 Å². The fraction of sp³-hybridized carbons (Fsp3) is 0.778. The van der Waals surface area contributed by atoms with Gasteiger partial charge in [-0.25, -0.2) is 0 Å². The molecule has 1 aromatic rings. The summed E-state index contributed by atoms with van der Waals surface area (Å²) in [4.78, 5) is 2.16. The molecular formula is C9H14N4O. The van der Waals surface area contributed by atoms with Crippen LogP contribution in [0.5, 0.6) is 0 Å². The molecule has 1 aliphatic carbocycles. The van der Waals surface area contributed by atoms with Crippen molar-refractivity contribution >= 4 is 6.01 Å². The Hall–Kier alpha value is -1.10. The second-order valence-corrected chi connectivity index (χ2v) is 4.37. The van der Waals surface area contributed by atoms with Crippen molar-refractivity contribution in [3.05, 3.63) is 5.89 Å². The van der Waals surface area contributed by atoms with E-state index in [1.165, 1.54) is 6.42 Å². The van der Waals surface area contributed by atoms with Gasteiger partial charge in [0.2, 0.25) is 5.89 Å². The molecule has 76 valence electrons. The Bertz CT molecular complexity index is 338. The van der Waals surface area contributed by atoms with Gasteiger partial charge in [0.25, 0.3) is 0 Å². The molecule has 2 N–H and O–H groups in total. The Labute approximate surface area is 82.3 Å². The second kappa shape index (κ2) is 2.70. The Morgan fingerprint density at radius 1 is 1.43 bits per heavy atom. The minimum Gasteiger partial charge on any atom is -0.406 e. The van der Waals surface area contributed by atoms with Gasteiger partial charge in [0.05, 0.1) is 6.04 Å². The van der Waals surface area contributed by atoms with E-state index in [1.807, 2.05) is 6.92 Å². The Morgan fingerprint density at radius 2 is 2.14 bits per heavy atom. The first-order valence-electron chi connectivity index (χ1n) is 5.08. The minimum atomic E-state index is -0.173. The molecule has 1 aromatic heterocycles. The molecule has 14 heavy (non-hydrogen) atoms. The van der Waals surface area contributed by atoms with Gasteiger partial charge < -0.3 is 15.1 Å². The SMILES string of the molecule is CC(N)c1nnc(N2CC3CC3C2)o1. The first kappa shape index (κ1) is 8.23. The van der Waals surface area contributed by atoms with Gasteiger partial charge in [-0.2, -0.15) is 0 Å². The number of anilines is 1. The quantitative estimate of drug-likeness (QED) is 0.744. The summed E-state index contributed by atoms with van der Waals surface area (Å²) in [5.74, 6) is 2.28. The first-order chi connectivity index (χ1) is 6.74. The molecule has 0 amide bonds.